The van der Waals surface area contributed by atoms with Gasteiger partial charge in [0.1, 0.15) is 0 Å². The molecule has 0 unspecified atom stereocenters. The van der Waals surface area contributed by atoms with E-state index in [1.165, 1.54) is 52.0 Å². The van der Waals surface area contributed by atoms with Crippen LogP contribution in [0.1, 0.15) is 56.5 Å². The Bertz CT molecular complexity index is 1680. The molecule has 46 heavy (non-hydrogen) atoms. The Morgan fingerprint density at radius 3 is 2.15 bits per heavy atom. The number of amides is 2. The molecule has 0 aliphatic heterocycles. The van der Waals surface area contributed by atoms with Gasteiger partial charge >= 0.3 is 12.2 Å². The maximum Gasteiger partial charge on any atom is 0.422 e. The number of carbonyl (C=O) groups is 2. The number of sulfonamides is 1. The monoisotopic (exact) mass is 683 g/mol. The molecule has 12 nitrogen and oxygen atoms in total. The minimum Gasteiger partial charge on any atom is -0.454 e. The van der Waals surface area contributed by atoms with Crippen molar-refractivity contribution in [2.45, 2.75) is 57.5 Å². The van der Waals surface area contributed by atoms with E-state index in [1.54, 1.807) is 12.1 Å². The first-order valence-electron chi connectivity index (χ1n) is 14.1. The standard InChI is InChI=1S/C29H33ClF3N7O5S/c1-17(2)46(43,44)40-23(42)27(3,4)15-34-22(41)18-5-11-21(12-6-18)35-24-36-25(38-26(37-24)45-16-29(31,32)33)39-28(13-14-28)19-7-9-20(30)10-8-19/h5-12,17H,13-16H2,1-4H3,(H,34,41)(H,40,42)(H2,35,36,37,38,39). The number of hydrogen-bond donors (Lipinski definition) is 4. The lowest BCUT2D eigenvalue weighted by Gasteiger charge is -2.24. The zero-order valence-corrected chi connectivity index (χ0v) is 26.9. The lowest BCUT2D eigenvalue weighted by molar-refractivity contribution is -0.154. The molecule has 1 fully saturated rings. The van der Waals surface area contributed by atoms with Crippen molar-refractivity contribution in [3.8, 4) is 6.01 Å². The second kappa shape index (κ2) is 13.3. The van der Waals surface area contributed by atoms with Gasteiger partial charge in [0.2, 0.25) is 27.8 Å². The molecular formula is C29H33ClF3N7O5S. The fourth-order valence-electron chi connectivity index (χ4n) is 3.98. The van der Waals surface area contributed by atoms with E-state index in [9.17, 15) is 31.2 Å². The molecule has 1 aliphatic rings. The Kier molecular flexibility index (Phi) is 10.0. The van der Waals surface area contributed by atoms with E-state index in [0.29, 0.717) is 10.7 Å². The zero-order valence-electron chi connectivity index (χ0n) is 25.3. The van der Waals surface area contributed by atoms with Crippen LogP contribution in [0.3, 0.4) is 0 Å². The van der Waals surface area contributed by atoms with Crippen molar-refractivity contribution < 1.29 is 35.9 Å². The van der Waals surface area contributed by atoms with Crippen LogP contribution >= 0.6 is 11.6 Å². The van der Waals surface area contributed by atoms with Crippen LogP contribution in [0, 0.1) is 5.41 Å². The minimum atomic E-state index is -4.62. The second-order valence-electron chi connectivity index (χ2n) is 11.7. The van der Waals surface area contributed by atoms with Crippen LogP contribution in [0.5, 0.6) is 6.01 Å². The maximum atomic E-state index is 12.9. The van der Waals surface area contributed by atoms with Crippen LogP contribution in [0.15, 0.2) is 48.5 Å². The van der Waals surface area contributed by atoms with Crippen molar-refractivity contribution in [3.63, 3.8) is 0 Å². The van der Waals surface area contributed by atoms with Crippen molar-refractivity contribution in [3.05, 3.63) is 64.7 Å². The molecule has 2 amide bonds. The van der Waals surface area contributed by atoms with Crippen LogP contribution in [-0.2, 0) is 20.4 Å². The number of halogens is 4. The van der Waals surface area contributed by atoms with Crippen molar-refractivity contribution >= 4 is 51.0 Å². The van der Waals surface area contributed by atoms with E-state index in [0.717, 1.165) is 18.4 Å². The average molecular weight is 684 g/mol. The second-order valence-corrected chi connectivity index (χ2v) is 14.4. The summed E-state index contributed by atoms with van der Waals surface area (Å²) in [6, 6.07) is 12.6. The van der Waals surface area contributed by atoms with Crippen LogP contribution in [0.4, 0.5) is 30.8 Å². The molecule has 4 rings (SSSR count). The van der Waals surface area contributed by atoms with Crippen molar-refractivity contribution in [2.75, 3.05) is 23.8 Å². The Morgan fingerprint density at radius 2 is 1.59 bits per heavy atom. The van der Waals surface area contributed by atoms with Crippen LogP contribution in [-0.4, -0.2) is 59.8 Å². The highest BCUT2D eigenvalue weighted by molar-refractivity contribution is 7.90. The molecule has 1 heterocycles. The number of nitrogens with one attached hydrogen (secondary N) is 4. The Morgan fingerprint density at radius 1 is 0.978 bits per heavy atom. The summed E-state index contributed by atoms with van der Waals surface area (Å²) in [6.07, 6.45) is -3.16. The summed E-state index contributed by atoms with van der Waals surface area (Å²) in [5.74, 6) is -1.40. The first kappa shape index (κ1) is 34.7. The summed E-state index contributed by atoms with van der Waals surface area (Å²) < 4.78 is 69.5. The third-order valence-corrected chi connectivity index (χ3v) is 9.01. The molecule has 17 heteroatoms. The average Bonchev–Trinajstić information content (AvgIpc) is 3.75. The van der Waals surface area contributed by atoms with E-state index in [4.69, 9.17) is 16.3 Å². The lowest BCUT2D eigenvalue weighted by atomic mass is 9.92. The SMILES string of the molecule is CC(C)S(=O)(=O)NC(=O)C(C)(C)CNC(=O)c1ccc(Nc2nc(NC3(c4ccc(Cl)cc4)CC3)nc(OCC(F)(F)F)n2)cc1. The lowest BCUT2D eigenvalue weighted by Crippen LogP contribution is -2.48. The normalized spacial score (nSPS) is 14.4. The molecule has 1 aliphatic carbocycles. The van der Waals surface area contributed by atoms with Crippen LogP contribution < -0.4 is 25.4 Å². The molecule has 0 atom stereocenters. The van der Waals surface area contributed by atoms with E-state index in [-0.39, 0.29) is 24.0 Å². The van der Waals surface area contributed by atoms with Gasteiger partial charge in [-0.1, -0.05) is 23.7 Å². The molecular weight excluding hydrogens is 651 g/mol. The largest absolute Gasteiger partial charge is 0.454 e. The van der Waals surface area contributed by atoms with Crippen molar-refractivity contribution in [2.24, 2.45) is 5.41 Å². The summed E-state index contributed by atoms with van der Waals surface area (Å²) in [7, 11) is -3.84. The predicted molar refractivity (Wildman–Crippen MR) is 165 cm³/mol. The fraction of sp³-hybridized carbons (Fsp3) is 0.414. The molecule has 248 valence electrons. The molecule has 4 N–H and O–H groups in total. The van der Waals surface area contributed by atoms with Gasteiger partial charge in [0.05, 0.1) is 16.2 Å². The number of rotatable bonds is 13. The van der Waals surface area contributed by atoms with Gasteiger partial charge in [-0.05, 0) is 82.5 Å². The highest BCUT2D eigenvalue weighted by Crippen LogP contribution is 2.48. The van der Waals surface area contributed by atoms with Gasteiger partial charge in [0.25, 0.3) is 5.91 Å². The highest BCUT2D eigenvalue weighted by Gasteiger charge is 2.45. The molecule has 3 aromatic rings. The number of benzene rings is 2. The van der Waals surface area contributed by atoms with Gasteiger partial charge < -0.3 is 20.7 Å². The van der Waals surface area contributed by atoms with Gasteiger partial charge in [-0.25, -0.2) is 8.42 Å². The topological polar surface area (TPSA) is 164 Å². The number of ether oxygens (including phenoxy) is 1. The van der Waals surface area contributed by atoms with Gasteiger partial charge in [-0.2, -0.15) is 28.1 Å². The Labute approximate surface area is 269 Å². The third kappa shape index (κ3) is 9.19. The molecule has 1 saturated carbocycles. The molecule has 0 saturated heterocycles. The Balaban J connectivity index is 1.45. The summed E-state index contributed by atoms with van der Waals surface area (Å²) >= 11 is 6.01. The first-order chi connectivity index (χ1) is 21.4. The number of aromatic nitrogens is 3. The number of hydrogen-bond acceptors (Lipinski definition) is 10. The number of nitrogens with zero attached hydrogens (tertiary/aromatic N) is 3. The molecule has 0 spiro atoms. The summed E-state index contributed by atoms with van der Waals surface area (Å²) in [6.45, 7) is 4.11. The van der Waals surface area contributed by atoms with Gasteiger partial charge in [-0.15, -0.1) is 0 Å². The van der Waals surface area contributed by atoms with Gasteiger partial charge in [0, 0.05) is 22.8 Å². The summed E-state index contributed by atoms with van der Waals surface area (Å²) in [5.41, 5.74) is -0.238. The van der Waals surface area contributed by atoms with Crippen molar-refractivity contribution in [1.29, 1.82) is 0 Å². The van der Waals surface area contributed by atoms with Crippen LogP contribution in [0.2, 0.25) is 5.02 Å². The smallest absolute Gasteiger partial charge is 0.422 e. The minimum absolute atomic E-state index is 0.00836. The van der Waals surface area contributed by atoms with E-state index in [1.807, 2.05) is 16.9 Å². The highest BCUT2D eigenvalue weighted by atomic mass is 35.5. The first-order valence-corrected chi connectivity index (χ1v) is 16.0. The summed E-state index contributed by atoms with van der Waals surface area (Å²) in [4.78, 5) is 37.6. The maximum absolute atomic E-state index is 12.9. The third-order valence-electron chi connectivity index (χ3n) is 7.04. The zero-order chi connectivity index (χ0) is 33.9. The van der Waals surface area contributed by atoms with Crippen LogP contribution in [0.25, 0.3) is 0 Å². The van der Waals surface area contributed by atoms with Gasteiger partial charge in [-0.3, -0.25) is 14.3 Å². The number of anilines is 3. The van der Waals surface area contributed by atoms with Gasteiger partial charge in [0.15, 0.2) is 6.61 Å². The predicted octanol–water partition coefficient (Wildman–Crippen LogP) is 4.92. The molecule has 0 radical (unpaired) electrons. The molecule has 2 aromatic carbocycles. The molecule has 1 aromatic heterocycles. The molecule has 0 bridgehead atoms. The van der Waals surface area contributed by atoms with E-state index < -0.39 is 56.8 Å². The Hall–Kier alpha value is -4.18. The number of alkyl halides is 3. The number of carbonyl (C=O) groups excluding carboxylic acids is 2. The fourth-order valence-corrected chi connectivity index (χ4v) is 4.87. The summed E-state index contributed by atoms with van der Waals surface area (Å²) in [5, 5.41) is 8.43. The van der Waals surface area contributed by atoms with E-state index in [2.05, 4.69) is 30.9 Å². The quantitative estimate of drug-likeness (QED) is 0.194. The van der Waals surface area contributed by atoms with E-state index >= 15 is 0 Å². The van der Waals surface area contributed by atoms with Crippen molar-refractivity contribution in [1.82, 2.24) is 25.0 Å².